The maximum atomic E-state index is 3.84. The van der Waals surface area contributed by atoms with Gasteiger partial charge in [-0.05, 0) is 44.9 Å². The van der Waals surface area contributed by atoms with Crippen molar-refractivity contribution in [1.29, 1.82) is 0 Å². The average Bonchev–Trinajstić information content (AvgIpc) is 2.66. The average molecular weight is 358 g/mol. The summed E-state index contributed by atoms with van der Waals surface area (Å²) in [5.41, 5.74) is 3.01. The van der Waals surface area contributed by atoms with Crippen molar-refractivity contribution in [3.05, 3.63) is 56.2 Å². The summed E-state index contributed by atoms with van der Waals surface area (Å²) in [5, 5.41) is 2.14. The van der Waals surface area contributed by atoms with E-state index in [9.17, 15) is 0 Å². The number of rotatable bonds is 2. The molecule has 1 aliphatic rings. The second kappa shape index (κ2) is 4.28. The highest BCUT2D eigenvalue weighted by atomic mass is 79.9. The van der Waals surface area contributed by atoms with E-state index in [2.05, 4.69) is 67.6 Å². The summed E-state index contributed by atoms with van der Waals surface area (Å²) >= 11 is 9.27. The third-order valence-electron chi connectivity index (χ3n) is 3.14. The lowest BCUT2D eigenvalue weighted by atomic mass is 9.75. The van der Waals surface area contributed by atoms with Gasteiger partial charge in [0.2, 0.25) is 0 Å². The fourth-order valence-electron chi connectivity index (χ4n) is 2.24. The van der Waals surface area contributed by atoms with E-state index in [1.807, 2.05) is 11.3 Å². The lowest BCUT2D eigenvalue weighted by Crippen LogP contribution is -2.20. The molecule has 1 aromatic carbocycles. The monoisotopic (exact) mass is 356 g/mol. The molecule has 0 radical (unpaired) electrons. The number of fused-ring (bicyclic) bond motifs is 1. The van der Waals surface area contributed by atoms with E-state index < -0.39 is 0 Å². The van der Waals surface area contributed by atoms with Gasteiger partial charge in [-0.1, -0.05) is 40.2 Å². The molecule has 0 spiro atoms. The molecule has 0 nitrogen and oxygen atoms in total. The van der Waals surface area contributed by atoms with Crippen LogP contribution in [0.4, 0.5) is 0 Å². The predicted molar refractivity (Wildman–Crippen MR) is 76.6 cm³/mol. The molecule has 3 heteroatoms. The maximum Gasteiger partial charge on any atom is 0.0572 e. The summed E-state index contributed by atoms with van der Waals surface area (Å²) in [5.74, 6) is 0.631. The minimum Gasteiger partial charge on any atom is -0.146 e. The fourth-order valence-corrected chi connectivity index (χ4v) is 5.25. The Bertz CT molecular complexity index is 518. The van der Waals surface area contributed by atoms with E-state index in [-0.39, 0.29) is 0 Å². The van der Waals surface area contributed by atoms with Gasteiger partial charge in [0.15, 0.2) is 0 Å². The van der Waals surface area contributed by atoms with Crippen LogP contribution in [-0.4, -0.2) is 0 Å². The Kier molecular flexibility index (Phi) is 2.94. The van der Waals surface area contributed by atoms with E-state index in [4.69, 9.17) is 0 Å². The first-order valence-electron chi connectivity index (χ1n) is 5.22. The Labute approximate surface area is 116 Å². The third-order valence-corrected chi connectivity index (χ3v) is 6.50. The van der Waals surface area contributed by atoms with Gasteiger partial charge in [0.1, 0.15) is 0 Å². The van der Waals surface area contributed by atoms with Gasteiger partial charge in [0, 0.05) is 15.3 Å². The van der Waals surface area contributed by atoms with E-state index in [0.717, 1.165) is 0 Å². The SMILES string of the molecule is Brc1ccsc1C(Br)C1Cc2ccccc21. The molecular weight excluding hydrogens is 348 g/mol. The van der Waals surface area contributed by atoms with Crippen molar-refractivity contribution < 1.29 is 0 Å². The first kappa shape index (κ1) is 11.0. The molecule has 1 aromatic heterocycles. The van der Waals surface area contributed by atoms with Crippen molar-refractivity contribution in [3.63, 3.8) is 0 Å². The molecule has 0 bridgehead atoms. The number of hydrogen-bond acceptors (Lipinski definition) is 1. The van der Waals surface area contributed by atoms with Crippen molar-refractivity contribution in [2.24, 2.45) is 0 Å². The molecule has 1 heterocycles. The van der Waals surface area contributed by atoms with Gasteiger partial charge in [0.05, 0.1) is 4.83 Å². The Hall–Kier alpha value is -0.120. The normalized spacial score (nSPS) is 20.0. The maximum absolute atomic E-state index is 3.84. The molecular formula is C13H10Br2S. The fraction of sp³-hybridized carbons (Fsp3) is 0.231. The quantitative estimate of drug-likeness (QED) is 0.641. The van der Waals surface area contributed by atoms with Gasteiger partial charge >= 0.3 is 0 Å². The topological polar surface area (TPSA) is 0 Å². The second-order valence-electron chi connectivity index (χ2n) is 4.04. The number of halogens is 2. The lowest BCUT2D eigenvalue weighted by molar-refractivity contribution is 0.604. The Balaban J connectivity index is 1.90. The Morgan fingerprint density at radius 1 is 1.25 bits per heavy atom. The van der Waals surface area contributed by atoms with Gasteiger partial charge in [-0.25, -0.2) is 0 Å². The zero-order chi connectivity index (χ0) is 11.1. The van der Waals surface area contributed by atoms with Crippen LogP contribution in [0.2, 0.25) is 0 Å². The Morgan fingerprint density at radius 2 is 2.06 bits per heavy atom. The lowest BCUT2D eigenvalue weighted by Gasteiger charge is -2.33. The highest BCUT2D eigenvalue weighted by Crippen LogP contribution is 2.50. The summed E-state index contributed by atoms with van der Waals surface area (Å²) in [6.45, 7) is 0. The molecule has 16 heavy (non-hydrogen) atoms. The molecule has 0 fully saturated rings. The van der Waals surface area contributed by atoms with Crippen LogP contribution in [-0.2, 0) is 6.42 Å². The zero-order valence-corrected chi connectivity index (χ0v) is 12.5. The summed E-state index contributed by atoms with van der Waals surface area (Å²) in [4.78, 5) is 1.84. The summed E-state index contributed by atoms with van der Waals surface area (Å²) < 4.78 is 1.23. The number of thiophene rings is 1. The van der Waals surface area contributed by atoms with Crippen molar-refractivity contribution in [1.82, 2.24) is 0 Å². The van der Waals surface area contributed by atoms with Crippen molar-refractivity contribution in [2.75, 3.05) is 0 Å². The molecule has 0 N–H and O–H groups in total. The largest absolute Gasteiger partial charge is 0.146 e. The van der Waals surface area contributed by atoms with E-state index in [1.54, 1.807) is 0 Å². The highest BCUT2D eigenvalue weighted by Gasteiger charge is 2.33. The number of hydrogen-bond donors (Lipinski definition) is 0. The third kappa shape index (κ3) is 1.69. The van der Waals surface area contributed by atoms with Crippen LogP contribution in [0, 0.1) is 0 Å². The molecule has 2 unspecified atom stereocenters. The van der Waals surface area contributed by atoms with Crippen LogP contribution < -0.4 is 0 Å². The molecule has 2 atom stereocenters. The van der Waals surface area contributed by atoms with Crippen LogP contribution in [0.15, 0.2) is 40.2 Å². The molecule has 2 aromatic rings. The van der Waals surface area contributed by atoms with Gasteiger partial charge < -0.3 is 0 Å². The minimum atomic E-state index is 0.441. The second-order valence-corrected chi connectivity index (χ2v) is 6.83. The van der Waals surface area contributed by atoms with Crippen LogP contribution in [0.3, 0.4) is 0 Å². The van der Waals surface area contributed by atoms with Crippen molar-refractivity contribution >= 4 is 43.2 Å². The van der Waals surface area contributed by atoms with Crippen LogP contribution in [0.25, 0.3) is 0 Å². The van der Waals surface area contributed by atoms with E-state index in [1.165, 1.54) is 26.9 Å². The summed E-state index contributed by atoms with van der Waals surface area (Å²) in [7, 11) is 0. The smallest absolute Gasteiger partial charge is 0.0572 e. The minimum absolute atomic E-state index is 0.441. The number of benzene rings is 1. The molecule has 1 aliphatic carbocycles. The predicted octanol–water partition coefficient (Wildman–Crippen LogP) is 5.29. The van der Waals surface area contributed by atoms with Crippen LogP contribution in [0.1, 0.15) is 26.7 Å². The van der Waals surface area contributed by atoms with Gasteiger partial charge in [0.25, 0.3) is 0 Å². The molecule has 0 amide bonds. The van der Waals surface area contributed by atoms with Crippen molar-refractivity contribution in [3.8, 4) is 0 Å². The van der Waals surface area contributed by atoms with E-state index in [0.29, 0.717) is 10.7 Å². The van der Waals surface area contributed by atoms with E-state index >= 15 is 0 Å². The van der Waals surface area contributed by atoms with Crippen LogP contribution >= 0.6 is 43.2 Å². The molecule has 0 saturated carbocycles. The van der Waals surface area contributed by atoms with Crippen LogP contribution in [0.5, 0.6) is 0 Å². The molecule has 3 rings (SSSR count). The first-order valence-corrected chi connectivity index (χ1v) is 7.81. The van der Waals surface area contributed by atoms with Crippen molar-refractivity contribution in [2.45, 2.75) is 17.2 Å². The number of alkyl halides is 1. The van der Waals surface area contributed by atoms with Gasteiger partial charge in [-0.15, -0.1) is 11.3 Å². The zero-order valence-electron chi connectivity index (χ0n) is 8.49. The highest BCUT2D eigenvalue weighted by molar-refractivity contribution is 9.11. The molecule has 0 saturated heterocycles. The first-order chi connectivity index (χ1) is 7.77. The van der Waals surface area contributed by atoms with Gasteiger partial charge in [-0.3, -0.25) is 0 Å². The summed E-state index contributed by atoms with van der Waals surface area (Å²) in [6, 6.07) is 10.9. The standard InChI is InChI=1S/C13H10Br2S/c14-11-5-6-16-13(11)12(15)10-7-8-3-1-2-4-9(8)10/h1-6,10,12H,7H2. The van der Waals surface area contributed by atoms with Gasteiger partial charge in [-0.2, -0.15) is 0 Å². The summed E-state index contributed by atoms with van der Waals surface area (Å²) in [6.07, 6.45) is 1.19. The Morgan fingerprint density at radius 3 is 2.75 bits per heavy atom. The molecule has 82 valence electrons. The molecule has 0 aliphatic heterocycles.